The number of alkyl halides is 2. The standard InChI is InChI=1S/C21H31Cl2F2N5O2S/c1-14-19(15(2)28(4)26-14)30(21(24)25)33(31,32)20-17(22)12-16(13-18(20)23)6-5-7-29-10-8-27(3)9-11-29/h12-13,15,19,21H,5-11H2,1-4H3. The Kier molecular flexibility index (Phi) is 8.61. The van der Waals surface area contributed by atoms with Crippen LogP contribution in [0.1, 0.15) is 25.8 Å². The molecule has 7 nitrogen and oxygen atoms in total. The predicted octanol–water partition coefficient (Wildman–Crippen LogP) is 3.47. The fraction of sp³-hybridized carbons (Fsp3) is 0.667. The van der Waals surface area contributed by atoms with Gasteiger partial charge in [0.1, 0.15) is 4.90 Å². The van der Waals surface area contributed by atoms with Crippen molar-refractivity contribution in [1.82, 2.24) is 19.1 Å². The van der Waals surface area contributed by atoms with E-state index in [4.69, 9.17) is 23.2 Å². The first-order valence-corrected chi connectivity index (χ1v) is 13.1. The van der Waals surface area contributed by atoms with E-state index < -0.39 is 33.6 Å². The Hall–Kier alpha value is -1.04. The van der Waals surface area contributed by atoms with E-state index in [9.17, 15) is 17.2 Å². The fourth-order valence-corrected chi connectivity index (χ4v) is 7.19. The van der Waals surface area contributed by atoms with Crippen LogP contribution in [0.15, 0.2) is 22.1 Å². The molecule has 1 aromatic carbocycles. The molecule has 0 amide bonds. The zero-order valence-electron chi connectivity index (χ0n) is 19.3. The van der Waals surface area contributed by atoms with Crippen molar-refractivity contribution >= 4 is 38.9 Å². The van der Waals surface area contributed by atoms with E-state index in [1.807, 2.05) is 0 Å². The molecule has 186 valence electrons. The first-order chi connectivity index (χ1) is 15.4. The molecule has 2 aliphatic heterocycles. The highest BCUT2D eigenvalue weighted by atomic mass is 35.5. The fourth-order valence-electron chi connectivity index (χ4n) is 4.41. The second-order valence-corrected chi connectivity index (χ2v) is 11.3. The Morgan fingerprint density at radius 2 is 1.73 bits per heavy atom. The lowest BCUT2D eigenvalue weighted by atomic mass is 10.1. The topological polar surface area (TPSA) is 59.5 Å². The van der Waals surface area contributed by atoms with Gasteiger partial charge >= 0.3 is 6.55 Å². The highest BCUT2D eigenvalue weighted by Crippen LogP contribution is 2.37. The van der Waals surface area contributed by atoms with E-state index in [2.05, 4.69) is 21.9 Å². The summed E-state index contributed by atoms with van der Waals surface area (Å²) in [6, 6.07) is 1.33. The maximum absolute atomic E-state index is 14.1. The lowest BCUT2D eigenvalue weighted by molar-refractivity contribution is 0.0106. The Morgan fingerprint density at radius 3 is 2.21 bits per heavy atom. The molecular weight excluding hydrogens is 495 g/mol. The van der Waals surface area contributed by atoms with Gasteiger partial charge in [-0.25, -0.2) is 8.42 Å². The van der Waals surface area contributed by atoms with Gasteiger partial charge in [0.25, 0.3) is 10.0 Å². The Morgan fingerprint density at radius 1 is 1.15 bits per heavy atom. The van der Waals surface area contributed by atoms with E-state index in [-0.39, 0.29) is 20.1 Å². The minimum Gasteiger partial charge on any atom is -0.304 e. The number of hydrazone groups is 1. The van der Waals surface area contributed by atoms with Crippen LogP contribution in [0.3, 0.4) is 0 Å². The van der Waals surface area contributed by atoms with Gasteiger partial charge in [0.15, 0.2) is 0 Å². The van der Waals surface area contributed by atoms with Crippen molar-refractivity contribution < 1.29 is 17.2 Å². The van der Waals surface area contributed by atoms with Gasteiger partial charge in [-0.3, -0.25) is 5.01 Å². The normalized spacial score (nSPS) is 23.1. The van der Waals surface area contributed by atoms with Gasteiger partial charge < -0.3 is 9.80 Å². The van der Waals surface area contributed by atoms with E-state index in [1.165, 1.54) is 24.1 Å². The SMILES string of the molecule is CC1=NN(C)C(C)C1N(C(F)F)S(=O)(=O)c1c(Cl)cc(CCCN2CCN(C)CC2)cc1Cl. The van der Waals surface area contributed by atoms with Crippen LogP contribution in [0.5, 0.6) is 0 Å². The van der Waals surface area contributed by atoms with Gasteiger partial charge in [0.05, 0.1) is 27.8 Å². The monoisotopic (exact) mass is 525 g/mol. The summed E-state index contributed by atoms with van der Waals surface area (Å²) >= 11 is 12.7. The lowest BCUT2D eigenvalue weighted by Gasteiger charge is -2.32. The number of halogens is 4. The number of benzene rings is 1. The predicted molar refractivity (Wildman–Crippen MR) is 128 cm³/mol. The van der Waals surface area contributed by atoms with Crippen molar-refractivity contribution in [2.24, 2.45) is 5.10 Å². The van der Waals surface area contributed by atoms with Gasteiger partial charge in [-0.1, -0.05) is 23.2 Å². The number of rotatable bonds is 8. The van der Waals surface area contributed by atoms with Crippen LogP contribution in [-0.4, -0.2) is 98.7 Å². The summed E-state index contributed by atoms with van der Waals surface area (Å²) in [5, 5.41) is 5.29. The summed E-state index contributed by atoms with van der Waals surface area (Å²) in [5.74, 6) is 0. The van der Waals surface area contributed by atoms with E-state index >= 15 is 0 Å². The Balaban J connectivity index is 1.79. The molecule has 0 saturated carbocycles. The summed E-state index contributed by atoms with van der Waals surface area (Å²) in [7, 11) is -0.979. The summed E-state index contributed by atoms with van der Waals surface area (Å²) in [6.45, 7) is 4.88. The van der Waals surface area contributed by atoms with Crippen molar-refractivity contribution in [3.05, 3.63) is 27.7 Å². The molecule has 1 fully saturated rings. The summed E-state index contributed by atoms with van der Waals surface area (Å²) in [5.41, 5.74) is 1.05. The zero-order valence-corrected chi connectivity index (χ0v) is 21.6. The first-order valence-electron chi connectivity index (χ1n) is 10.9. The molecule has 2 aliphatic rings. The lowest BCUT2D eigenvalue weighted by Crippen LogP contribution is -2.52. The van der Waals surface area contributed by atoms with E-state index in [0.717, 1.165) is 44.7 Å². The number of hydrogen-bond acceptors (Lipinski definition) is 6. The van der Waals surface area contributed by atoms with Crippen LogP contribution >= 0.6 is 23.2 Å². The van der Waals surface area contributed by atoms with Crippen LogP contribution in [0, 0.1) is 0 Å². The van der Waals surface area contributed by atoms with E-state index in [1.54, 1.807) is 14.0 Å². The summed E-state index contributed by atoms with van der Waals surface area (Å²) in [6.07, 6.45) is 1.51. The molecule has 2 unspecified atom stereocenters. The third-order valence-corrected chi connectivity index (χ3v) is 9.10. The highest BCUT2D eigenvalue weighted by molar-refractivity contribution is 7.89. The maximum Gasteiger partial charge on any atom is 0.308 e. The third kappa shape index (κ3) is 5.79. The van der Waals surface area contributed by atoms with Crippen molar-refractivity contribution in [3.8, 4) is 0 Å². The molecule has 33 heavy (non-hydrogen) atoms. The second kappa shape index (κ2) is 10.7. The Labute approximate surface area is 204 Å². The van der Waals surface area contributed by atoms with Crippen molar-refractivity contribution in [2.45, 2.75) is 50.2 Å². The van der Waals surface area contributed by atoms with Gasteiger partial charge in [0.2, 0.25) is 0 Å². The number of nitrogens with zero attached hydrogens (tertiary/aromatic N) is 5. The molecule has 1 saturated heterocycles. The number of likely N-dealkylation sites (N-methyl/N-ethyl adjacent to an activating group) is 2. The van der Waals surface area contributed by atoms with Crippen LogP contribution in [0.25, 0.3) is 0 Å². The average Bonchev–Trinajstić information content (AvgIpc) is 2.95. The molecule has 0 radical (unpaired) electrons. The van der Waals surface area contributed by atoms with Gasteiger partial charge in [-0.15, -0.1) is 4.31 Å². The van der Waals surface area contributed by atoms with E-state index in [0.29, 0.717) is 6.42 Å². The van der Waals surface area contributed by atoms with Gasteiger partial charge in [0, 0.05) is 33.2 Å². The maximum atomic E-state index is 14.1. The molecule has 0 spiro atoms. The van der Waals surface area contributed by atoms with Crippen LogP contribution in [-0.2, 0) is 16.4 Å². The number of aryl methyl sites for hydroxylation is 1. The first kappa shape index (κ1) is 26.6. The summed E-state index contributed by atoms with van der Waals surface area (Å²) < 4.78 is 55.1. The molecule has 2 heterocycles. The van der Waals surface area contributed by atoms with Crippen molar-refractivity contribution in [1.29, 1.82) is 0 Å². The largest absolute Gasteiger partial charge is 0.308 e. The highest BCUT2D eigenvalue weighted by Gasteiger charge is 2.46. The van der Waals surface area contributed by atoms with Crippen molar-refractivity contribution in [3.63, 3.8) is 0 Å². The molecule has 1 aromatic rings. The molecule has 12 heteroatoms. The molecule has 0 aliphatic carbocycles. The van der Waals surface area contributed by atoms with Crippen LogP contribution in [0.4, 0.5) is 8.78 Å². The molecule has 2 atom stereocenters. The van der Waals surface area contributed by atoms with Crippen molar-refractivity contribution in [2.75, 3.05) is 46.8 Å². The average molecular weight is 526 g/mol. The molecule has 0 N–H and O–H groups in total. The van der Waals surface area contributed by atoms with Gasteiger partial charge in [-0.2, -0.15) is 13.9 Å². The van der Waals surface area contributed by atoms with Gasteiger partial charge in [-0.05, 0) is 58.0 Å². The second-order valence-electron chi connectivity index (χ2n) is 8.75. The minimum atomic E-state index is -4.69. The molecule has 0 aromatic heterocycles. The van der Waals surface area contributed by atoms with Crippen LogP contribution in [0.2, 0.25) is 10.0 Å². The molecule has 0 bridgehead atoms. The number of sulfonamides is 1. The zero-order chi connectivity index (χ0) is 24.5. The number of hydrogen-bond donors (Lipinski definition) is 0. The summed E-state index contributed by atoms with van der Waals surface area (Å²) in [4.78, 5) is 4.17. The minimum absolute atomic E-state index is 0.156. The molecular formula is C21H31Cl2F2N5O2S. The number of piperazine rings is 1. The quantitative estimate of drug-likeness (QED) is 0.486. The third-order valence-electron chi connectivity index (χ3n) is 6.39. The smallest absolute Gasteiger partial charge is 0.304 e. The van der Waals surface area contributed by atoms with Crippen LogP contribution < -0.4 is 0 Å². The Bertz CT molecular complexity index is 964. The molecule has 3 rings (SSSR count).